The van der Waals surface area contributed by atoms with E-state index in [4.69, 9.17) is 0 Å². The molecule has 1 aliphatic heterocycles. The number of nitrogens with one attached hydrogen (secondary N) is 2. The van der Waals surface area contributed by atoms with Gasteiger partial charge in [-0.2, -0.15) is 0 Å². The minimum absolute atomic E-state index is 0.176. The number of rotatable bonds is 4. The minimum Gasteiger partial charge on any atom is -0.369 e. The summed E-state index contributed by atoms with van der Waals surface area (Å²) in [6, 6.07) is 9.98. The molecular formula is C18H21N3O2. The first-order valence-electron chi connectivity index (χ1n) is 7.88. The molecule has 23 heavy (non-hydrogen) atoms. The van der Waals surface area contributed by atoms with E-state index < -0.39 is 0 Å². The number of para-hydroxylation sites is 1. The Morgan fingerprint density at radius 2 is 2.09 bits per heavy atom. The molecule has 0 saturated carbocycles. The van der Waals surface area contributed by atoms with Gasteiger partial charge in [-0.1, -0.05) is 18.2 Å². The van der Waals surface area contributed by atoms with Crippen LogP contribution in [0.25, 0.3) is 0 Å². The molecule has 2 heterocycles. The Morgan fingerprint density at radius 1 is 1.30 bits per heavy atom. The van der Waals surface area contributed by atoms with Crippen LogP contribution in [0.1, 0.15) is 27.2 Å². The average Bonchev–Trinajstić information content (AvgIpc) is 2.94. The number of nitrogens with zero attached hydrogens (tertiary/aromatic N) is 1. The molecule has 1 aromatic heterocycles. The van der Waals surface area contributed by atoms with Gasteiger partial charge in [-0.25, -0.2) is 0 Å². The van der Waals surface area contributed by atoms with E-state index in [9.17, 15) is 9.59 Å². The van der Waals surface area contributed by atoms with Gasteiger partial charge >= 0.3 is 0 Å². The summed E-state index contributed by atoms with van der Waals surface area (Å²) in [7, 11) is 0. The minimum atomic E-state index is -0.336. The Kier molecular flexibility index (Phi) is 4.19. The quantitative estimate of drug-likeness (QED) is 0.904. The first-order chi connectivity index (χ1) is 11.1. The summed E-state index contributed by atoms with van der Waals surface area (Å²) in [5.41, 5.74) is 4.13. The number of fused-ring (bicyclic) bond motifs is 1. The van der Waals surface area contributed by atoms with E-state index in [0.717, 1.165) is 30.8 Å². The van der Waals surface area contributed by atoms with Crippen molar-refractivity contribution in [2.45, 2.75) is 20.3 Å². The van der Waals surface area contributed by atoms with Crippen molar-refractivity contribution in [3.8, 4) is 0 Å². The van der Waals surface area contributed by atoms with Crippen molar-refractivity contribution in [3.05, 3.63) is 63.1 Å². The summed E-state index contributed by atoms with van der Waals surface area (Å²) < 4.78 is 0. The normalized spacial score (nSPS) is 13.0. The van der Waals surface area contributed by atoms with Gasteiger partial charge in [0, 0.05) is 31.0 Å². The van der Waals surface area contributed by atoms with Crippen molar-refractivity contribution < 1.29 is 4.79 Å². The number of H-pyrrole nitrogens is 1. The fourth-order valence-corrected chi connectivity index (χ4v) is 2.93. The summed E-state index contributed by atoms with van der Waals surface area (Å²) in [5, 5.41) is 2.84. The topological polar surface area (TPSA) is 65.2 Å². The van der Waals surface area contributed by atoms with Gasteiger partial charge in [0.2, 0.25) is 0 Å². The number of hydrogen-bond donors (Lipinski definition) is 2. The fourth-order valence-electron chi connectivity index (χ4n) is 2.93. The second-order valence-corrected chi connectivity index (χ2v) is 5.94. The molecular weight excluding hydrogens is 290 g/mol. The van der Waals surface area contributed by atoms with Crippen LogP contribution >= 0.6 is 0 Å². The fraction of sp³-hybridized carbons (Fsp3) is 0.333. The third-order valence-electron chi connectivity index (χ3n) is 4.39. The number of aromatic nitrogens is 1. The molecule has 0 bridgehead atoms. The summed E-state index contributed by atoms with van der Waals surface area (Å²) >= 11 is 0. The maximum atomic E-state index is 12.2. The van der Waals surface area contributed by atoms with Crippen LogP contribution in [0.4, 0.5) is 5.69 Å². The molecule has 0 saturated heterocycles. The Balaban J connectivity index is 1.61. The highest BCUT2D eigenvalue weighted by Crippen LogP contribution is 2.26. The summed E-state index contributed by atoms with van der Waals surface area (Å²) in [4.78, 5) is 29.1. The zero-order valence-corrected chi connectivity index (χ0v) is 13.5. The van der Waals surface area contributed by atoms with E-state index in [0.29, 0.717) is 6.54 Å². The maximum Gasteiger partial charge on any atom is 0.261 e. The highest BCUT2D eigenvalue weighted by molar-refractivity contribution is 5.94. The van der Waals surface area contributed by atoms with Crippen molar-refractivity contribution in [2.75, 3.05) is 24.5 Å². The summed E-state index contributed by atoms with van der Waals surface area (Å²) in [6.07, 6.45) is 1.04. The SMILES string of the molecule is Cc1cc(C(=O)NCCN2CCc3ccccc32)c(=O)[nH]c1C. The lowest BCUT2D eigenvalue weighted by atomic mass is 10.1. The Hall–Kier alpha value is -2.56. The predicted octanol–water partition coefficient (Wildman–Crippen LogP) is 1.78. The van der Waals surface area contributed by atoms with Crippen molar-refractivity contribution in [2.24, 2.45) is 0 Å². The summed E-state index contributed by atoms with van der Waals surface area (Å²) in [5.74, 6) is -0.318. The smallest absolute Gasteiger partial charge is 0.261 e. The third-order valence-corrected chi connectivity index (χ3v) is 4.39. The van der Waals surface area contributed by atoms with E-state index in [1.165, 1.54) is 11.3 Å². The number of hydrogen-bond acceptors (Lipinski definition) is 3. The molecule has 1 aromatic carbocycles. The lowest BCUT2D eigenvalue weighted by Crippen LogP contribution is -2.36. The average molecular weight is 311 g/mol. The number of carbonyl (C=O) groups is 1. The second-order valence-electron chi connectivity index (χ2n) is 5.94. The Labute approximate surface area is 135 Å². The molecule has 5 heteroatoms. The van der Waals surface area contributed by atoms with Crippen molar-refractivity contribution >= 4 is 11.6 Å². The van der Waals surface area contributed by atoms with Crippen LogP contribution in [-0.4, -0.2) is 30.5 Å². The van der Waals surface area contributed by atoms with Crippen molar-refractivity contribution in [1.82, 2.24) is 10.3 Å². The van der Waals surface area contributed by atoms with Crippen LogP contribution < -0.4 is 15.8 Å². The number of aryl methyl sites for hydroxylation is 2. The Bertz CT molecular complexity index is 795. The van der Waals surface area contributed by atoms with Gasteiger partial charge < -0.3 is 15.2 Å². The number of aromatic amines is 1. The third kappa shape index (κ3) is 3.13. The molecule has 0 fully saturated rings. The van der Waals surface area contributed by atoms with Gasteiger partial charge in [-0.15, -0.1) is 0 Å². The highest BCUT2D eigenvalue weighted by Gasteiger charge is 2.18. The molecule has 0 atom stereocenters. The molecule has 1 aliphatic rings. The van der Waals surface area contributed by atoms with E-state index in [2.05, 4.69) is 33.4 Å². The van der Waals surface area contributed by atoms with Crippen molar-refractivity contribution in [3.63, 3.8) is 0 Å². The number of carbonyl (C=O) groups excluding carboxylic acids is 1. The number of benzene rings is 1. The predicted molar refractivity (Wildman–Crippen MR) is 91.2 cm³/mol. The first-order valence-corrected chi connectivity index (χ1v) is 7.88. The van der Waals surface area contributed by atoms with Crippen molar-refractivity contribution in [1.29, 1.82) is 0 Å². The molecule has 2 N–H and O–H groups in total. The molecule has 0 aliphatic carbocycles. The Morgan fingerprint density at radius 3 is 2.91 bits per heavy atom. The molecule has 0 radical (unpaired) electrons. The molecule has 5 nitrogen and oxygen atoms in total. The van der Waals surface area contributed by atoms with Gasteiger partial charge in [0.05, 0.1) is 0 Å². The first kappa shape index (κ1) is 15.3. The lowest BCUT2D eigenvalue weighted by Gasteiger charge is -2.19. The molecule has 0 unspecified atom stereocenters. The standard InChI is InChI=1S/C18H21N3O2/c1-12-11-15(18(23)20-13(12)2)17(22)19-8-10-21-9-7-14-5-3-4-6-16(14)21/h3-6,11H,7-10H2,1-2H3,(H,19,22)(H,20,23). The largest absolute Gasteiger partial charge is 0.369 e. The molecule has 3 rings (SSSR count). The number of amides is 1. The van der Waals surface area contributed by atoms with Gasteiger partial charge in [0.15, 0.2) is 0 Å². The summed E-state index contributed by atoms with van der Waals surface area (Å²) in [6.45, 7) is 5.93. The highest BCUT2D eigenvalue weighted by atomic mass is 16.2. The van der Waals surface area contributed by atoms with Crippen LogP contribution in [0.2, 0.25) is 0 Å². The van der Waals surface area contributed by atoms with Gasteiger partial charge in [0.25, 0.3) is 11.5 Å². The molecule has 120 valence electrons. The van der Waals surface area contributed by atoms with Gasteiger partial charge in [0.1, 0.15) is 5.56 Å². The van der Waals surface area contributed by atoms with Crippen LogP contribution in [0, 0.1) is 13.8 Å². The van der Waals surface area contributed by atoms with E-state index in [1.54, 1.807) is 6.07 Å². The lowest BCUT2D eigenvalue weighted by molar-refractivity contribution is 0.0953. The molecule has 1 amide bonds. The molecule has 0 spiro atoms. The van der Waals surface area contributed by atoms with E-state index >= 15 is 0 Å². The monoisotopic (exact) mass is 311 g/mol. The van der Waals surface area contributed by atoms with Crippen LogP contribution in [0.3, 0.4) is 0 Å². The van der Waals surface area contributed by atoms with Gasteiger partial charge in [-0.05, 0) is 43.5 Å². The number of anilines is 1. The van der Waals surface area contributed by atoms with Gasteiger partial charge in [-0.3, -0.25) is 9.59 Å². The van der Waals surface area contributed by atoms with Crippen LogP contribution in [0.15, 0.2) is 35.1 Å². The zero-order chi connectivity index (χ0) is 16.4. The maximum absolute atomic E-state index is 12.2. The number of pyridine rings is 1. The van der Waals surface area contributed by atoms with E-state index in [-0.39, 0.29) is 17.0 Å². The zero-order valence-electron chi connectivity index (χ0n) is 13.5. The van der Waals surface area contributed by atoms with E-state index in [1.807, 2.05) is 19.9 Å². The van der Waals surface area contributed by atoms with Crippen LogP contribution in [0.5, 0.6) is 0 Å². The van der Waals surface area contributed by atoms with Crippen LogP contribution in [-0.2, 0) is 6.42 Å². The molecule has 2 aromatic rings. The second kappa shape index (κ2) is 6.28.